The molecular weight excluding hydrogens is 572 g/mol. The number of thiazole rings is 1. The van der Waals surface area contributed by atoms with Gasteiger partial charge in [0, 0.05) is 16.1 Å². The number of hydrogen-bond acceptors (Lipinski definition) is 7. The third-order valence-corrected chi connectivity index (χ3v) is 7.54. The van der Waals surface area contributed by atoms with Gasteiger partial charge in [0.1, 0.15) is 11.5 Å². The minimum absolute atomic E-state index is 0.115. The summed E-state index contributed by atoms with van der Waals surface area (Å²) in [6.45, 7) is 3.65. The van der Waals surface area contributed by atoms with Crippen molar-refractivity contribution in [3.05, 3.63) is 113 Å². The number of hydrogen-bond donors (Lipinski definition) is 1. The van der Waals surface area contributed by atoms with Crippen LogP contribution < -0.4 is 14.9 Å². The number of aromatic carboxylic acids is 1. The van der Waals surface area contributed by atoms with Gasteiger partial charge in [0.15, 0.2) is 4.80 Å². The number of esters is 1. The van der Waals surface area contributed by atoms with Gasteiger partial charge in [0.2, 0.25) is 0 Å². The highest BCUT2D eigenvalue weighted by Gasteiger charge is 2.33. The van der Waals surface area contributed by atoms with Crippen molar-refractivity contribution in [1.82, 2.24) is 4.57 Å². The van der Waals surface area contributed by atoms with Crippen LogP contribution in [0.25, 0.3) is 17.4 Å². The fourth-order valence-electron chi connectivity index (χ4n) is 4.34. The minimum atomic E-state index is -1.06. The molecule has 0 fully saturated rings. The lowest BCUT2D eigenvalue weighted by Crippen LogP contribution is -2.39. The molecule has 0 saturated heterocycles. The Morgan fingerprint density at radius 3 is 2.61 bits per heavy atom. The van der Waals surface area contributed by atoms with Gasteiger partial charge in [0.25, 0.3) is 5.56 Å². The zero-order valence-corrected chi connectivity index (χ0v) is 22.7. The Morgan fingerprint density at radius 1 is 1.16 bits per heavy atom. The van der Waals surface area contributed by atoms with Gasteiger partial charge in [-0.25, -0.2) is 14.6 Å². The summed E-state index contributed by atoms with van der Waals surface area (Å²) in [7, 11) is 0. The van der Waals surface area contributed by atoms with Crippen LogP contribution in [0.4, 0.5) is 0 Å². The molecular formula is C28H21BrN2O6S. The van der Waals surface area contributed by atoms with Crippen LogP contribution in [0.15, 0.2) is 90.6 Å². The Labute approximate surface area is 229 Å². The van der Waals surface area contributed by atoms with Crippen LogP contribution in [-0.4, -0.2) is 28.2 Å². The SMILES string of the molecule is CCOC(=O)C1=C(C)N=c2s/c(=C/c3ccc(-c4ccccc4C(=O)O)o3)c(=O)n2C1c1ccc(Br)cc1. The summed E-state index contributed by atoms with van der Waals surface area (Å²) in [5.41, 5.74) is 1.74. The molecule has 10 heteroatoms. The van der Waals surface area contributed by atoms with E-state index in [0.29, 0.717) is 37.7 Å². The van der Waals surface area contributed by atoms with Gasteiger partial charge in [-0.05, 0) is 49.7 Å². The molecule has 2 aromatic heterocycles. The molecule has 1 aliphatic heterocycles. The predicted molar refractivity (Wildman–Crippen MR) is 146 cm³/mol. The molecule has 1 atom stereocenters. The second-order valence-electron chi connectivity index (χ2n) is 8.41. The van der Waals surface area contributed by atoms with Crippen molar-refractivity contribution in [2.24, 2.45) is 4.99 Å². The van der Waals surface area contributed by atoms with E-state index >= 15 is 0 Å². The zero-order valence-electron chi connectivity index (χ0n) is 20.3. The summed E-state index contributed by atoms with van der Waals surface area (Å²) in [5.74, 6) is -0.835. The molecule has 2 aromatic carbocycles. The molecule has 1 aliphatic rings. The van der Waals surface area contributed by atoms with E-state index in [2.05, 4.69) is 20.9 Å². The van der Waals surface area contributed by atoms with Crippen LogP contribution in [0.1, 0.15) is 41.6 Å². The minimum Gasteiger partial charge on any atom is -0.478 e. The molecule has 0 amide bonds. The number of carbonyl (C=O) groups is 2. The summed E-state index contributed by atoms with van der Waals surface area (Å²) < 4.78 is 13.9. The average Bonchev–Trinajstić information content (AvgIpc) is 3.48. The first kappa shape index (κ1) is 25.6. The van der Waals surface area contributed by atoms with Crippen molar-refractivity contribution in [2.45, 2.75) is 19.9 Å². The fourth-order valence-corrected chi connectivity index (χ4v) is 5.63. The van der Waals surface area contributed by atoms with Crippen molar-refractivity contribution in [2.75, 3.05) is 6.61 Å². The molecule has 4 aromatic rings. The third-order valence-electron chi connectivity index (χ3n) is 6.03. The highest BCUT2D eigenvalue weighted by Crippen LogP contribution is 2.31. The Bertz CT molecular complexity index is 1780. The fraction of sp³-hybridized carbons (Fsp3) is 0.143. The van der Waals surface area contributed by atoms with E-state index in [-0.39, 0.29) is 17.7 Å². The number of nitrogens with zero attached hydrogens (tertiary/aromatic N) is 2. The first-order valence-electron chi connectivity index (χ1n) is 11.7. The summed E-state index contributed by atoms with van der Waals surface area (Å²) in [6, 6.07) is 16.6. The number of carboxylic acids is 1. The summed E-state index contributed by atoms with van der Waals surface area (Å²) >= 11 is 4.61. The monoisotopic (exact) mass is 592 g/mol. The standard InChI is InChI=1S/C28H21BrN2O6S/c1-3-36-27(35)23-15(2)30-28-31(24(23)16-8-10-17(29)11-9-16)25(32)22(38-28)14-18-12-13-21(37-18)19-6-4-5-7-20(19)26(33)34/h4-14,24H,3H2,1-2H3,(H,33,34)/b22-14+. The third kappa shape index (κ3) is 4.68. The van der Waals surface area contributed by atoms with Gasteiger partial charge in [-0.2, -0.15) is 0 Å². The molecule has 3 heterocycles. The van der Waals surface area contributed by atoms with E-state index in [0.717, 1.165) is 10.0 Å². The number of carboxylic acid groups (broad SMARTS) is 1. The molecule has 0 spiro atoms. The van der Waals surface area contributed by atoms with Crippen LogP contribution in [0.3, 0.4) is 0 Å². The molecule has 0 aliphatic carbocycles. The molecule has 0 radical (unpaired) electrons. The number of furan rings is 1. The summed E-state index contributed by atoms with van der Waals surface area (Å²) in [4.78, 5) is 43.3. The maximum atomic E-state index is 13.7. The molecule has 8 nitrogen and oxygen atoms in total. The first-order valence-corrected chi connectivity index (χ1v) is 13.3. The van der Waals surface area contributed by atoms with E-state index in [9.17, 15) is 19.5 Å². The zero-order chi connectivity index (χ0) is 27.0. The van der Waals surface area contributed by atoms with Gasteiger partial charge in [-0.3, -0.25) is 9.36 Å². The van der Waals surface area contributed by atoms with Gasteiger partial charge < -0.3 is 14.3 Å². The summed E-state index contributed by atoms with van der Waals surface area (Å²) in [6.07, 6.45) is 1.60. The maximum Gasteiger partial charge on any atom is 0.338 e. The van der Waals surface area contributed by atoms with Crippen LogP contribution in [0.5, 0.6) is 0 Å². The highest BCUT2D eigenvalue weighted by atomic mass is 79.9. The van der Waals surface area contributed by atoms with E-state index < -0.39 is 18.0 Å². The van der Waals surface area contributed by atoms with E-state index in [1.807, 2.05) is 24.3 Å². The van der Waals surface area contributed by atoms with Crippen LogP contribution in [0, 0.1) is 0 Å². The average molecular weight is 593 g/mol. The van der Waals surface area contributed by atoms with E-state index in [1.54, 1.807) is 50.3 Å². The second-order valence-corrected chi connectivity index (χ2v) is 10.3. The Hall–Kier alpha value is -4.02. The maximum absolute atomic E-state index is 13.7. The van der Waals surface area contributed by atoms with E-state index in [4.69, 9.17) is 9.15 Å². The number of aromatic nitrogens is 1. The topological polar surface area (TPSA) is 111 Å². The predicted octanol–water partition coefficient (Wildman–Crippen LogP) is 4.52. The van der Waals surface area contributed by atoms with Crippen molar-refractivity contribution in [3.63, 3.8) is 0 Å². The lowest BCUT2D eigenvalue weighted by molar-refractivity contribution is -0.139. The van der Waals surface area contributed by atoms with Crippen molar-refractivity contribution >= 4 is 45.3 Å². The van der Waals surface area contributed by atoms with Crippen molar-refractivity contribution in [3.8, 4) is 11.3 Å². The van der Waals surface area contributed by atoms with Gasteiger partial charge >= 0.3 is 11.9 Å². The van der Waals surface area contributed by atoms with Crippen molar-refractivity contribution in [1.29, 1.82) is 0 Å². The highest BCUT2D eigenvalue weighted by molar-refractivity contribution is 9.10. The second kappa shape index (κ2) is 10.4. The molecule has 1 unspecified atom stereocenters. The number of ether oxygens (including phenoxy) is 1. The lowest BCUT2D eigenvalue weighted by Gasteiger charge is -2.24. The number of benzene rings is 2. The Kier molecular flexibility index (Phi) is 7.00. The largest absolute Gasteiger partial charge is 0.478 e. The molecule has 5 rings (SSSR count). The number of allylic oxidation sites excluding steroid dienone is 1. The van der Waals surface area contributed by atoms with E-state index in [1.165, 1.54) is 22.0 Å². The molecule has 0 bridgehead atoms. The van der Waals surface area contributed by atoms with Crippen LogP contribution >= 0.6 is 27.3 Å². The smallest absolute Gasteiger partial charge is 0.338 e. The normalized spacial score (nSPS) is 15.2. The number of halogens is 1. The Morgan fingerprint density at radius 2 is 1.89 bits per heavy atom. The number of carbonyl (C=O) groups excluding carboxylic acids is 1. The van der Waals surface area contributed by atoms with Crippen LogP contribution in [-0.2, 0) is 9.53 Å². The molecule has 1 N–H and O–H groups in total. The molecule has 192 valence electrons. The Balaban J connectivity index is 1.64. The van der Waals surface area contributed by atoms with Gasteiger partial charge in [-0.1, -0.05) is 57.6 Å². The first-order chi connectivity index (χ1) is 18.3. The molecule has 0 saturated carbocycles. The number of rotatable bonds is 6. The molecule has 38 heavy (non-hydrogen) atoms. The number of fused-ring (bicyclic) bond motifs is 1. The summed E-state index contributed by atoms with van der Waals surface area (Å²) in [5, 5.41) is 9.51. The van der Waals surface area contributed by atoms with Gasteiger partial charge in [0.05, 0.1) is 34.0 Å². The quantitative estimate of drug-likeness (QED) is 0.329. The van der Waals surface area contributed by atoms with Crippen molar-refractivity contribution < 1.29 is 23.8 Å². The van der Waals surface area contributed by atoms with Crippen LogP contribution in [0.2, 0.25) is 0 Å². The van der Waals surface area contributed by atoms with Gasteiger partial charge in [-0.15, -0.1) is 0 Å². The lowest BCUT2D eigenvalue weighted by atomic mass is 9.96.